The number of aromatic nitrogens is 1. The molecular weight excluding hydrogens is 310 g/mol. The van der Waals surface area contributed by atoms with Crippen LogP contribution in [-0.2, 0) is 0 Å². The molecule has 2 aliphatic rings. The molecule has 0 radical (unpaired) electrons. The highest BCUT2D eigenvalue weighted by molar-refractivity contribution is 7.21. The van der Waals surface area contributed by atoms with Gasteiger partial charge in [0.25, 0.3) is 0 Å². The summed E-state index contributed by atoms with van der Waals surface area (Å²) in [7, 11) is 0. The highest BCUT2D eigenvalue weighted by Gasteiger charge is 2.30. The monoisotopic (exact) mass is 330 g/mol. The Kier molecular flexibility index (Phi) is 3.35. The Hall–Kier alpha value is -1.99. The van der Waals surface area contributed by atoms with E-state index >= 15 is 0 Å². The zero-order valence-electron chi connectivity index (χ0n) is 13.1. The van der Waals surface area contributed by atoms with Crippen molar-refractivity contribution < 1.29 is 9.68 Å². The summed E-state index contributed by atoms with van der Waals surface area (Å²) in [5.74, 6) is 1.50. The summed E-state index contributed by atoms with van der Waals surface area (Å²) >= 11 is 1.57. The lowest BCUT2D eigenvalue weighted by molar-refractivity contribution is -0.428. The van der Waals surface area contributed by atoms with Crippen LogP contribution < -0.4 is 10.6 Å². The van der Waals surface area contributed by atoms with E-state index in [1.807, 2.05) is 4.58 Å². The first-order chi connectivity index (χ1) is 11.0. The number of β-amino-alcohol motifs (C(OH)–C–C–N with tert-alkyl or cyclic N) is 1. The van der Waals surface area contributed by atoms with Crippen LogP contribution in [0.1, 0.15) is 23.3 Å². The molecule has 3 N–H and O–H groups in total. The molecule has 0 aliphatic carbocycles. The van der Waals surface area contributed by atoms with Gasteiger partial charge < -0.3 is 15.7 Å². The summed E-state index contributed by atoms with van der Waals surface area (Å²) in [5.41, 5.74) is 8.25. The van der Waals surface area contributed by atoms with Gasteiger partial charge in [-0.2, -0.15) is 4.58 Å². The van der Waals surface area contributed by atoms with Crippen LogP contribution in [0.15, 0.2) is 11.1 Å². The Balaban J connectivity index is 1.86. The van der Waals surface area contributed by atoms with Crippen LogP contribution in [0, 0.1) is 6.92 Å². The molecule has 0 saturated carbocycles. The molecule has 1 unspecified atom stereocenters. The van der Waals surface area contributed by atoms with Crippen molar-refractivity contribution in [2.75, 3.05) is 24.7 Å². The summed E-state index contributed by atoms with van der Waals surface area (Å²) in [6.45, 7) is 8.22. The zero-order chi connectivity index (χ0) is 16.1. The standard InChI is InChI=1S/C16H20N5OS/c1-9-6-11(21-5-3-4-10(22)7-21)19-16-12(9)13-14(23-16)15(17)18-8-20(13)2/h6,10,22H,2-5,7-8H2,1H3,(H2,17,18)/q+1. The first-order valence-electron chi connectivity index (χ1n) is 7.80. The van der Waals surface area contributed by atoms with E-state index in [0.29, 0.717) is 19.0 Å². The molecule has 2 aromatic heterocycles. The second-order valence-corrected chi connectivity index (χ2v) is 7.22. The number of rotatable bonds is 1. The van der Waals surface area contributed by atoms with Crippen LogP contribution in [0.25, 0.3) is 10.2 Å². The molecule has 120 valence electrons. The van der Waals surface area contributed by atoms with Crippen molar-refractivity contribution >= 4 is 45.6 Å². The van der Waals surface area contributed by atoms with Crippen molar-refractivity contribution in [3.63, 3.8) is 0 Å². The van der Waals surface area contributed by atoms with Crippen LogP contribution in [0.5, 0.6) is 0 Å². The smallest absolute Gasteiger partial charge is 0.243 e. The summed E-state index contributed by atoms with van der Waals surface area (Å²) < 4.78 is 1.88. The maximum atomic E-state index is 9.91. The number of aliphatic hydroxyl groups excluding tert-OH is 1. The molecule has 2 aromatic rings. The van der Waals surface area contributed by atoms with Gasteiger partial charge in [0.15, 0.2) is 0 Å². The third-order valence-electron chi connectivity index (χ3n) is 4.50. The van der Waals surface area contributed by atoms with E-state index in [1.54, 1.807) is 11.3 Å². The second kappa shape index (κ2) is 5.28. The first-order valence-corrected chi connectivity index (χ1v) is 8.61. The van der Waals surface area contributed by atoms with E-state index < -0.39 is 0 Å². The summed E-state index contributed by atoms with van der Waals surface area (Å²) in [4.78, 5) is 13.2. The van der Waals surface area contributed by atoms with Gasteiger partial charge in [0.2, 0.25) is 12.4 Å². The Morgan fingerprint density at radius 2 is 2.35 bits per heavy atom. The minimum Gasteiger partial charge on any atom is -0.391 e. The fraction of sp³-hybridized carbons (Fsp3) is 0.438. The number of hydrogen-bond acceptors (Lipinski definition) is 6. The topological polar surface area (TPSA) is 77.8 Å². The third kappa shape index (κ3) is 2.31. The van der Waals surface area contributed by atoms with Gasteiger partial charge in [-0.3, -0.25) is 0 Å². The number of nitrogens with zero attached hydrogens (tertiary/aromatic N) is 4. The highest BCUT2D eigenvalue weighted by atomic mass is 32.1. The molecule has 1 saturated heterocycles. The first kappa shape index (κ1) is 14.6. The van der Waals surface area contributed by atoms with E-state index in [2.05, 4.69) is 29.6 Å². The van der Waals surface area contributed by atoms with E-state index in [-0.39, 0.29) is 6.10 Å². The van der Waals surface area contributed by atoms with E-state index in [0.717, 1.165) is 51.5 Å². The lowest BCUT2D eigenvalue weighted by Gasteiger charge is -2.31. The van der Waals surface area contributed by atoms with Gasteiger partial charge in [0.1, 0.15) is 28.1 Å². The number of pyridine rings is 1. The number of aliphatic hydroxyl groups is 1. The van der Waals surface area contributed by atoms with E-state index in [4.69, 9.17) is 10.7 Å². The van der Waals surface area contributed by atoms with Crippen molar-refractivity contribution in [1.29, 1.82) is 0 Å². The maximum absolute atomic E-state index is 9.91. The normalized spacial score (nSPS) is 21.5. The Morgan fingerprint density at radius 3 is 3.13 bits per heavy atom. The number of amidine groups is 1. The number of aliphatic imine (C=N–C) groups is 1. The molecule has 0 bridgehead atoms. The molecule has 23 heavy (non-hydrogen) atoms. The van der Waals surface area contributed by atoms with E-state index in [1.165, 1.54) is 0 Å². The number of nitrogens with two attached hydrogens (primary N) is 1. The predicted molar refractivity (Wildman–Crippen MR) is 94.4 cm³/mol. The van der Waals surface area contributed by atoms with Gasteiger partial charge in [-0.25, -0.2) is 9.98 Å². The van der Waals surface area contributed by atoms with Crippen LogP contribution in [0.3, 0.4) is 0 Å². The quantitative estimate of drug-likeness (QED) is 0.779. The van der Waals surface area contributed by atoms with Crippen LogP contribution in [0.2, 0.25) is 0 Å². The number of anilines is 1. The Morgan fingerprint density at radius 1 is 1.52 bits per heavy atom. The average Bonchev–Trinajstić information content (AvgIpc) is 2.92. The molecule has 2 aliphatic heterocycles. The van der Waals surface area contributed by atoms with Gasteiger partial charge in [-0.1, -0.05) is 0 Å². The highest BCUT2D eigenvalue weighted by Crippen LogP contribution is 2.41. The second-order valence-electron chi connectivity index (χ2n) is 6.22. The molecule has 1 atom stereocenters. The summed E-state index contributed by atoms with van der Waals surface area (Å²) in [5, 5.41) is 11.0. The van der Waals surface area contributed by atoms with Gasteiger partial charge in [0, 0.05) is 13.1 Å². The molecule has 0 aromatic carbocycles. The minimum atomic E-state index is -0.267. The van der Waals surface area contributed by atoms with Crippen molar-refractivity contribution in [2.45, 2.75) is 25.9 Å². The molecule has 0 spiro atoms. The van der Waals surface area contributed by atoms with E-state index in [9.17, 15) is 5.11 Å². The predicted octanol–water partition coefficient (Wildman–Crippen LogP) is 1.59. The number of aryl methyl sites for hydroxylation is 1. The van der Waals surface area contributed by atoms with Crippen molar-refractivity contribution in [3.05, 3.63) is 16.5 Å². The lowest BCUT2D eigenvalue weighted by atomic mass is 10.1. The fourth-order valence-corrected chi connectivity index (χ4v) is 4.54. The number of fused-ring (bicyclic) bond motifs is 3. The zero-order valence-corrected chi connectivity index (χ0v) is 13.9. The van der Waals surface area contributed by atoms with Crippen molar-refractivity contribution in [1.82, 2.24) is 4.98 Å². The Labute approximate surface area is 138 Å². The third-order valence-corrected chi connectivity index (χ3v) is 5.60. The largest absolute Gasteiger partial charge is 0.391 e. The fourth-order valence-electron chi connectivity index (χ4n) is 3.35. The Bertz CT molecular complexity index is 841. The van der Waals surface area contributed by atoms with Crippen LogP contribution in [0.4, 0.5) is 11.5 Å². The number of hydrogen-bond donors (Lipinski definition) is 2. The SMILES string of the molecule is C=[N+]1CN=C(N)c2sc3nc(N4CCCC(O)C4)cc(C)c3c21. The summed E-state index contributed by atoms with van der Waals surface area (Å²) in [6.07, 6.45) is 1.60. The van der Waals surface area contributed by atoms with Gasteiger partial charge >= 0.3 is 0 Å². The van der Waals surface area contributed by atoms with Gasteiger partial charge in [-0.05, 0) is 31.4 Å². The average molecular weight is 330 g/mol. The summed E-state index contributed by atoms with van der Waals surface area (Å²) in [6, 6.07) is 2.10. The molecule has 7 heteroatoms. The lowest BCUT2D eigenvalue weighted by Crippen LogP contribution is -2.38. The van der Waals surface area contributed by atoms with Crippen molar-refractivity contribution in [3.8, 4) is 0 Å². The van der Waals surface area contributed by atoms with Crippen molar-refractivity contribution in [2.24, 2.45) is 10.7 Å². The molecular formula is C16H20N5OS+. The molecule has 6 nitrogen and oxygen atoms in total. The number of thiophene rings is 1. The van der Waals surface area contributed by atoms with Crippen LogP contribution in [-0.4, -0.2) is 53.1 Å². The molecule has 4 rings (SSSR count). The minimum absolute atomic E-state index is 0.267. The maximum Gasteiger partial charge on any atom is 0.243 e. The molecule has 1 fully saturated rings. The van der Waals surface area contributed by atoms with Crippen LogP contribution >= 0.6 is 11.3 Å². The number of piperidine rings is 1. The molecule has 4 heterocycles. The van der Waals surface area contributed by atoms with Gasteiger partial charge in [0.05, 0.1) is 11.5 Å². The molecule has 0 amide bonds. The van der Waals surface area contributed by atoms with Gasteiger partial charge in [-0.15, -0.1) is 11.3 Å².